The average molecular weight is 462 g/mol. The summed E-state index contributed by atoms with van der Waals surface area (Å²) in [6, 6.07) is 12.1. The monoisotopic (exact) mass is 462 g/mol. The van der Waals surface area contributed by atoms with Crippen LogP contribution in [0.4, 0.5) is 11.4 Å². The molecular weight excluding hydrogens is 440 g/mol. The number of anilines is 2. The van der Waals surface area contributed by atoms with Gasteiger partial charge in [0, 0.05) is 5.69 Å². The van der Waals surface area contributed by atoms with Gasteiger partial charge >= 0.3 is 11.9 Å². The molecule has 1 N–H and O–H groups in total. The molecule has 2 atom stereocenters. The van der Waals surface area contributed by atoms with Crippen molar-refractivity contribution in [3.63, 3.8) is 0 Å². The molecular formula is C25H22N2O7. The molecule has 2 aromatic rings. The summed E-state index contributed by atoms with van der Waals surface area (Å²) in [6.07, 6.45) is 4.85. The third kappa shape index (κ3) is 4.59. The van der Waals surface area contributed by atoms with Crippen LogP contribution in [0.2, 0.25) is 0 Å². The van der Waals surface area contributed by atoms with E-state index in [1.165, 1.54) is 43.5 Å². The normalized spacial score (nSPS) is 18.9. The van der Waals surface area contributed by atoms with Gasteiger partial charge in [0.2, 0.25) is 11.8 Å². The minimum absolute atomic E-state index is 0.112. The van der Waals surface area contributed by atoms with Crippen molar-refractivity contribution in [3.8, 4) is 0 Å². The molecule has 1 aliphatic heterocycles. The summed E-state index contributed by atoms with van der Waals surface area (Å²) in [5.74, 6) is -3.14. The molecule has 0 saturated carbocycles. The van der Waals surface area contributed by atoms with Gasteiger partial charge in [-0.2, -0.15) is 0 Å². The molecule has 0 bridgehead atoms. The van der Waals surface area contributed by atoms with E-state index in [-0.39, 0.29) is 29.2 Å². The van der Waals surface area contributed by atoms with Crippen LogP contribution in [0.5, 0.6) is 0 Å². The molecule has 0 spiro atoms. The summed E-state index contributed by atoms with van der Waals surface area (Å²) in [5.41, 5.74) is 1.16. The minimum Gasteiger partial charge on any atom is -0.465 e. The van der Waals surface area contributed by atoms with E-state index in [1.807, 2.05) is 12.2 Å². The topological polar surface area (TPSA) is 119 Å². The van der Waals surface area contributed by atoms with Gasteiger partial charge in [-0.3, -0.25) is 19.3 Å². The zero-order chi connectivity index (χ0) is 24.2. The van der Waals surface area contributed by atoms with E-state index in [2.05, 4.69) is 10.1 Å². The molecule has 9 heteroatoms. The summed E-state index contributed by atoms with van der Waals surface area (Å²) in [7, 11) is 1.27. The maximum atomic E-state index is 12.8. The Hall–Kier alpha value is -4.27. The summed E-state index contributed by atoms with van der Waals surface area (Å²) >= 11 is 0. The zero-order valence-electron chi connectivity index (χ0n) is 18.4. The number of hydrogen-bond acceptors (Lipinski definition) is 7. The molecule has 2 aliphatic rings. The second-order valence-electron chi connectivity index (χ2n) is 7.91. The van der Waals surface area contributed by atoms with Crippen molar-refractivity contribution in [1.82, 2.24) is 0 Å². The van der Waals surface area contributed by atoms with Crippen molar-refractivity contribution in [2.45, 2.75) is 12.8 Å². The van der Waals surface area contributed by atoms with Crippen LogP contribution < -0.4 is 10.2 Å². The summed E-state index contributed by atoms with van der Waals surface area (Å²) in [5, 5.41) is 2.56. The fourth-order valence-electron chi connectivity index (χ4n) is 4.05. The van der Waals surface area contributed by atoms with E-state index in [0.717, 1.165) is 4.90 Å². The van der Waals surface area contributed by atoms with Crippen LogP contribution in [0.3, 0.4) is 0 Å². The van der Waals surface area contributed by atoms with Crippen molar-refractivity contribution >= 4 is 41.0 Å². The zero-order valence-corrected chi connectivity index (χ0v) is 18.4. The van der Waals surface area contributed by atoms with Gasteiger partial charge < -0.3 is 14.8 Å². The number of methoxy groups -OCH3 is 1. The average Bonchev–Trinajstić information content (AvgIpc) is 3.12. The first kappa shape index (κ1) is 22.9. The van der Waals surface area contributed by atoms with Crippen molar-refractivity contribution in [2.24, 2.45) is 11.8 Å². The molecule has 0 unspecified atom stereocenters. The fraction of sp³-hybridized carbons (Fsp3) is 0.240. The highest BCUT2D eigenvalue weighted by Gasteiger charge is 2.47. The highest BCUT2D eigenvalue weighted by Crippen LogP contribution is 2.37. The molecule has 1 fully saturated rings. The molecule has 1 heterocycles. The fourth-order valence-corrected chi connectivity index (χ4v) is 4.05. The number of fused-ring (bicyclic) bond motifs is 1. The van der Waals surface area contributed by atoms with E-state index < -0.39 is 24.5 Å². The predicted molar refractivity (Wildman–Crippen MR) is 121 cm³/mol. The van der Waals surface area contributed by atoms with Crippen LogP contribution in [0, 0.1) is 11.8 Å². The smallest absolute Gasteiger partial charge is 0.338 e. The quantitative estimate of drug-likeness (QED) is 0.398. The standard InChI is InChI=1S/C25H22N2O7/c1-33-24(31)15-9-11-17(12-10-15)26-21(28)14-34-25(32)16-5-4-6-18(13-16)27-22(29)19-7-2-3-8-20(19)23(27)30/h2-6,9-13,19-20H,7-8,14H2,1H3,(H,26,28)/t19-,20+. The van der Waals surface area contributed by atoms with E-state index >= 15 is 0 Å². The van der Waals surface area contributed by atoms with Crippen molar-refractivity contribution < 1.29 is 33.4 Å². The highest BCUT2D eigenvalue weighted by molar-refractivity contribution is 6.22. The van der Waals surface area contributed by atoms with Crippen LogP contribution in [0.15, 0.2) is 60.7 Å². The van der Waals surface area contributed by atoms with Crippen molar-refractivity contribution in [3.05, 3.63) is 71.8 Å². The Morgan fingerprint density at radius 1 is 0.912 bits per heavy atom. The number of nitrogens with one attached hydrogen (secondary N) is 1. The van der Waals surface area contributed by atoms with Gasteiger partial charge in [0.05, 0.1) is 35.8 Å². The molecule has 9 nitrogen and oxygen atoms in total. The van der Waals surface area contributed by atoms with Crippen molar-refractivity contribution in [1.29, 1.82) is 0 Å². The Morgan fingerprint density at radius 3 is 2.18 bits per heavy atom. The lowest BCUT2D eigenvalue weighted by atomic mass is 9.85. The van der Waals surface area contributed by atoms with E-state index in [4.69, 9.17) is 4.74 Å². The Balaban J connectivity index is 1.36. The second kappa shape index (κ2) is 9.70. The molecule has 0 aromatic heterocycles. The van der Waals surface area contributed by atoms with Crippen LogP contribution >= 0.6 is 0 Å². The molecule has 2 aromatic carbocycles. The van der Waals surface area contributed by atoms with Gasteiger partial charge in [-0.05, 0) is 55.3 Å². The SMILES string of the molecule is COC(=O)c1ccc(NC(=O)COC(=O)c2cccc(N3C(=O)[C@H]4CC=CC[C@H]4C3=O)c2)cc1. The molecule has 1 saturated heterocycles. The Kier molecular flexibility index (Phi) is 6.53. The third-order valence-corrected chi connectivity index (χ3v) is 5.77. The van der Waals surface area contributed by atoms with Crippen LogP contribution in [-0.4, -0.2) is 43.4 Å². The second-order valence-corrected chi connectivity index (χ2v) is 7.91. The lowest BCUT2D eigenvalue weighted by molar-refractivity contribution is -0.122. The van der Waals surface area contributed by atoms with Gasteiger partial charge in [-0.15, -0.1) is 0 Å². The molecule has 3 amide bonds. The molecule has 174 valence electrons. The third-order valence-electron chi connectivity index (χ3n) is 5.77. The number of ether oxygens (including phenoxy) is 2. The number of imide groups is 1. The number of nitrogens with zero attached hydrogens (tertiary/aromatic N) is 1. The number of esters is 2. The van der Waals surface area contributed by atoms with E-state index in [9.17, 15) is 24.0 Å². The largest absolute Gasteiger partial charge is 0.465 e. The Bertz CT molecular complexity index is 1160. The van der Waals surface area contributed by atoms with Gasteiger partial charge in [-0.25, -0.2) is 9.59 Å². The number of hydrogen-bond donors (Lipinski definition) is 1. The Labute approximate surface area is 195 Å². The summed E-state index contributed by atoms with van der Waals surface area (Å²) < 4.78 is 9.70. The van der Waals surface area contributed by atoms with E-state index in [0.29, 0.717) is 29.8 Å². The minimum atomic E-state index is -0.767. The molecule has 4 rings (SSSR count). The highest BCUT2D eigenvalue weighted by atomic mass is 16.5. The number of carbonyl (C=O) groups excluding carboxylic acids is 5. The first-order valence-electron chi connectivity index (χ1n) is 10.7. The molecule has 0 radical (unpaired) electrons. The maximum absolute atomic E-state index is 12.8. The number of carbonyl (C=O) groups is 5. The molecule has 1 aliphatic carbocycles. The molecule has 34 heavy (non-hydrogen) atoms. The number of benzene rings is 2. The van der Waals surface area contributed by atoms with Gasteiger partial charge in [-0.1, -0.05) is 18.2 Å². The van der Waals surface area contributed by atoms with Gasteiger partial charge in [0.15, 0.2) is 6.61 Å². The number of rotatable bonds is 6. The lowest BCUT2D eigenvalue weighted by Crippen LogP contribution is -2.31. The van der Waals surface area contributed by atoms with Crippen LogP contribution in [0.25, 0.3) is 0 Å². The van der Waals surface area contributed by atoms with Crippen LogP contribution in [-0.2, 0) is 23.9 Å². The first-order chi connectivity index (χ1) is 16.4. The Morgan fingerprint density at radius 2 is 1.56 bits per heavy atom. The van der Waals surface area contributed by atoms with E-state index in [1.54, 1.807) is 12.1 Å². The van der Waals surface area contributed by atoms with Crippen LogP contribution in [0.1, 0.15) is 33.6 Å². The lowest BCUT2D eigenvalue weighted by Gasteiger charge is -2.15. The number of allylic oxidation sites excluding steroid dienone is 2. The summed E-state index contributed by atoms with van der Waals surface area (Å²) in [6.45, 7) is -0.542. The van der Waals surface area contributed by atoms with Gasteiger partial charge in [0.1, 0.15) is 0 Å². The van der Waals surface area contributed by atoms with Gasteiger partial charge in [0.25, 0.3) is 5.91 Å². The number of amides is 3. The maximum Gasteiger partial charge on any atom is 0.338 e. The predicted octanol–water partition coefficient (Wildman–Crippen LogP) is 2.72. The van der Waals surface area contributed by atoms with Crippen molar-refractivity contribution in [2.75, 3.05) is 23.9 Å². The summed E-state index contributed by atoms with van der Waals surface area (Å²) in [4.78, 5) is 62.8. The first-order valence-corrected chi connectivity index (χ1v) is 10.7.